The Morgan fingerprint density at radius 2 is 1.84 bits per heavy atom. The molecule has 31 heavy (non-hydrogen) atoms. The van der Waals surface area contributed by atoms with Gasteiger partial charge in [-0.15, -0.1) is 0 Å². The number of benzene rings is 2. The lowest BCUT2D eigenvalue weighted by molar-refractivity contribution is -0.167. The van der Waals surface area contributed by atoms with Crippen LogP contribution in [0.5, 0.6) is 0 Å². The highest BCUT2D eigenvalue weighted by Crippen LogP contribution is 2.50. The minimum absolute atomic E-state index is 0.0112. The Bertz CT molecular complexity index is 1120. The summed E-state index contributed by atoms with van der Waals surface area (Å²) >= 11 is 2.26. The van der Waals surface area contributed by atoms with Crippen LogP contribution in [0.1, 0.15) is 5.56 Å². The van der Waals surface area contributed by atoms with Crippen molar-refractivity contribution in [2.24, 2.45) is 0 Å². The topological polar surface area (TPSA) is 76.5 Å². The number of carbonyl (C=O) groups excluding carboxylic acids is 2. The Kier molecular flexibility index (Phi) is 5.48. The molecule has 0 unspecified atom stereocenters. The summed E-state index contributed by atoms with van der Waals surface area (Å²) in [7, 11) is 1.74. The lowest BCUT2D eigenvalue weighted by atomic mass is 10.2. The molecule has 2 heterocycles. The largest absolute Gasteiger partial charge is 0.471 e. The average molecular weight is 464 g/mol. The van der Waals surface area contributed by atoms with Gasteiger partial charge in [0, 0.05) is 17.6 Å². The predicted octanol–water partition coefficient (Wildman–Crippen LogP) is 4.61. The highest BCUT2D eigenvalue weighted by molar-refractivity contribution is 8.19. The predicted molar refractivity (Wildman–Crippen MR) is 115 cm³/mol. The Morgan fingerprint density at radius 3 is 2.52 bits per heavy atom. The lowest BCUT2D eigenvalue weighted by Gasteiger charge is -2.16. The van der Waals surface area contributed by atoms with Crippen molar-refractivity contribution >= 4 is 51.9 Å². The van der Waals surface area contributed by atoms with Crippen LogP contribution >= 0.6 is 23.5 Å². The zero-order valence-corrected chi connectivity index (χ0v) is 17.6. The van der Waals surface area contributed by atoms with E-state index in [1.165, 1.54) is 28.8 Å². The fourth-order valence-corrected chi connectivity index (χ4v) is 5.33. The maximum atomic E-state index is 13.0. The number of nitrogens with one attached hydrogen (secondary N) is 2. The molecule has 0 aromatic heterocycles. The van der Waals surface area contributed by atoms with Crippen LogP contribution in [0.4, 0.5) is 24.5 Å². The summed E-state index contributed by atoms with van der Waals surface area (Å²) in [4.78, 5) is 28.3. The number of anilines is 2. The van der Waals surface area contributed by atoms with Gasteiger partial charge >= 0.3 is 12.1 Å². The minimum Gasteiger partial charge on any atom is -0.337 e. The van der Waals surface area contributed by atoms with Crippen LogP contribution in [0.3, 0.4) is 0 Å². The van der Waals surface area contributed by atoms with Crippen molar-refractivity contribution in [2.45, 2.75) is 17.6 Å². The van der Waals surface area contributed by atoms with Gasteiger partial charge in [0.15, 0.2) is 5.17 Å². The maximum absolute atomic E-state index is 13.0. The van der Waals surface area contributed by atoms with Crippen molar-refractivity contribution < 1.29 is 22.8 Å². The standard InChI is InChI=1S/C20H15F3N4O2S2/c1-26-13-8-7-12(25-18(29)20(21,22)23)9-14(13)30-17(26)15-16(28)27(19(24)31-15)10-11-5-3-2-4-6-11/h2-9,24H,10H2,1H3,(H,25,29)/b17-15-,24-19?. The summed E-state index contributed by atoms with van der Waals surface area (Å²) in [5.41, 5.74) is 1.60. The molecular weight excluding hydrogens is 449 g/mol. The van der Waals surface area contributed by atoms with Crippen LogP contribution < -0.4 is 10.2 Å². The van der Waals surface area contributed by atoms with E-state index >= 15 is 0 Å². The van der Waals surface area contributed by atoms with E-state index in [1.807, 2.05) is 35.6 Å². The summed E-state index contributed by atoms with van der Waals surface area (Å²) in [6, 6.07) is 13.7. The molecule has 1 fully saturated rings. The number of carbonyl (C=O) groups is 2. The highest BCUT2D eigenvalue weighted by atomic mass is 32.2. The number of hydrogen-bond donors (Lipinski definition) is 2. The Balaban J connectivity index is 1.57. The summed E-state index contributed by atoms with van der Waals surface area (Å²) in [5, 5.41) is 10.8. The summed E-state index contributed by atoms with van der Waals surface area (Å²) in [5.74, 6) is -2.35. The molecule has 0 spiro atoms. The molecule has 2 aliphatic heterocycles. The first-order valence-electron chi connectivity index (χ1n) is 8.95. The number of hydrogen-bond acceptors (Lipinski definition) is 6. The third-order valence-electron chi connectivity index (χ3n) is 4.61. The third-order valence-corrected chi connectivity index (χ3v) is 6.94. The van der Waals surface area contributed by atoms with Crippen LogP contribution in [0.25, 0.3) is 0 Å². The van der Waals surface area contributed by atoms with E-state index in [-0.39, 0.29) is 23.3 Å². The van der Waals surface area contributed by atoms with Gasteiger partial charge in [0.25, 0.3) is 5.91 Å². The molecule has 0 aliphatic carbocycles. The highest BCUT2D eigenvalue weighted by Gasteiger charge is 2.40. The van der Waals surface area contributed by atoms with Crippen molar-refractivity contribution in [3.63, 3.8) is 0 Å². The molecule has 160 valence electrons. The van der Waals surface area contributed by atoms with E-state index < -0.39 is 12.1 Å². The molecular formula is C20H15F3N4O2S2. The SMILES string of the molecule is CN1/C(=C2/SC(=N)N(Cc3ccccc3)C2=O)Sc2cc(NC(=O)C(F)(F)F)ccc21. The van der Waals surface area contributed by atoms with Crippen molar-refractivity contribution in [1.82, 2.24) is 4.90 Å². The molecule has 0 radical (unpaired) electrons. The van der Waals surface area contributed by atoms with Gasteiger partial charge in [-0.2, -0.15) is 13.2 Å². The zero-order valence-electron chi connectivity index (χ0n) is 16.0. The van der Waals surface area contributed by atoms with Crippen molar-refractivity contribution in [3.05, 3.63) is 64.0 Å². The summed E-state index contributed by atoms with van der Waals surface area (Å²) < 4.78 is 37.5. The number of fused-ring (bicyclic) bond motifs is 1. The van der Waals surface area contributed by atoms with E-state index in [1.54, 1.807) is 18.0 Å². The van der Waals surface area contributed by atoms with Gasteiger partial charge in [-0.1, -0.05) is 42.1 Å². The lowest BCUT2D eigenvalue weighted by Crippen LogP contribution is -2.29. The number of amidine groups is 1. The van der Waals surface area contributed by atoms with Gasteiger partial charge in [0.1, 0.15) is 4.91 Å². The van der Waals surface area contributed by atoms with Crippen LogP contribution in [0, 0.1) is 5.41 Å². The Morgan fingerprint density at radius 1 is 1.13 bits per heavy atom. The molecule has 2 aliphatic rings. The monoisotopic (exact) mass is 464 g/mol. The molecule has 2 aromatic carbocycles. The molecule has 6 nitrogen and oxygen atoms in total. The Labute approximate surface area is 184 Å². The van der Waals surface area contributed by atoms with Gasteiger partial charge in [-0.25, -0.2) is 0 Å². The molecule has 2 N–H and O–H groups in total. The van der Waals surface area contributed by atoms with Crippen LogP contribution in [0.15, 0.2) is 63.4 Å². The maximum Gasteiger partial charge on any atom is 0.471 e. The molecule has 4 rings (SSSR count). The van der Waals surface area contributed by atoms with Crippen LogP contribution in [-0.4, -0.2) is 35.1 Å². The number of nitrogens with zero attached hydrogens (tertiary/aromatic N) is 2. The minimum atomic E-state index is -4.98. The summed E-state index contributed by atoms with van der Waals surface area (Å²) in [6.45, 7) is 0.275. The first-order chi connectivity index (χ1) is 14.6. The van der Waals surface area contributed by atoms with Gasteiger partial charge in [-0.3, -0.25) is 19.9 Å². The second-order valence-electron chi connectivity index (χ2n) is 6.71. The normalized spacial score (nSPS) is 18.6. The second-order valence-corrected chi connectivity index (χ2v) is 8.74. The molecule has 0 saturated carbocycles. The number of halogens is 3. The second kappa shape index (κ2) is 7.97. The van der Waals surface area contributed by atoms with E-state index in [9.17, 15) is 22.8 Å². The first kappa shape index (κ1) is 21.3. The Hall–Kier alpha value is -2.92. The van der Waals surface area contributed by atoms with E-state index in [0.717, 1.165) is 17.3 Å². The van der Waals surface area contributed by atoms with Crippen molar-refractivity contribution in [3.8, 4) is 0 Å². The van der Waals surface area contributed by atoms with Crippen molar-refractivity contribution in [2.75, 3.05) is 17.3 Å². The fraction of sp³-hybridized carbons (Fsp3) is 0.150. The molecule has 2 aromatic rings. The van der Waals surface area contributed by atoms with Crippen LogP contribution in [0.2, 0.25) is 0 Å². The molecule has 2 amide bonds. The van der Waals surface area contributed by atoms with Gasteiger partial charge in [0.05, 0.1) is 17.3 Å². The van der Waals surface area contributed by atoms with Gasteiger partial charge in [0.2, 0.25) is 0 Å². The van der Waals surface area contributed by atoms with E-state index in [0.29, 0.717) is 20.5 Å². The number of thioether (sulfide) groups is 2. The molecule has 11 heteroatoms. The van der Waals surface area contributed by atoms with E-state index in [2.05, 4.69) is 0 Å². The van der Waals surface area contributed by atoms with Gasteiger partial charge < -0.3 is 10.2 Å². The smallest absolute Gasteiger partial charge is 0.337 e. The van der Waals surface area contributed by atoms with Gasteiger partial charge in [-0.05, 0) is 35.5 Å². The van der Waals surface area contributed by atoms with Crippen LogP contribution in [-0.2, 0) is 16.1 Å². The zero-order chi connectivity index (χ0) is 22.3. The average Bonchev–Trinajstić information content (AvgIpc) is 3.19. The summed E-state index contributed by atoms with van der Waals surface area (Å²) in [6.07, 6.45) is -4.98. The first-order valence-corrected chi connectivity index (χ1v) is 10.6. The van der Waals surface area contributed by atoms with Crippen molar-refractivity contribution in [1.29, 1.82) is 5.41 Å². The number of amides is 2. The molecule has 1 saturated heterocycles. The number of rotatable bonds is 3. The number of alkyl halides is 3. The third kappa shape index (κ3) is 4.15. The molecule has 0 bridgehead atoms. The van der Waals surface area contributed by atoms with E-state index in [4.69, 9.17) is 5.41 Å². The fourth-order valence-electron chi connectivity index (χ4n) is 3.09. The molecule has 0 atom stereocenters. The quantitative estimate of drug-likeness (QED) is 0.649.